The number of rotatable bonds is 4. The Morgan fingerprint density at radius 1 is 1.36 bits per heavy atom. The normalized spacial score (nSPS) is 11.8. The summed E-state index contributed by atoms with van der Waals surface area (Å²) in [6.45, 7) is 1.37. The van der Waals surface area contributed by atoms with E-state index in [4.69, 9.17) is 0 Å². The van der Waals surface area contributed by atoms with Crippen molar-refractivity contribution in [2.45, 2.75) is 13.0 Å². The first kappa shape index (κ1) is 10.4. The van der Waals surface area contributed by atoms with Gasteiger partial charge in [0.2, 0.25) is 5.91 Å². The SMILES string of the molecule is CC(=O)NNC(C=O)c1ccccc1. The molecule has 1 aromatic rings. The van der Waals surface area contributed by atoms with E-state index in [9.17, 15) is 9.59 Å². The van der Waals surface area contributed by atoms with Crippen LogP contribution in [-0.4, -0.2) is 12.2 Å². The van der Waals surface area contributed by atoms with Crippen molar-refractivity contribution in [3.8, 4) is 0 Å². The molecule has 1 atom stereocenters. The van der Waals surface area contributed by atoms with E-state index in [1.54, 1.807) is 0 Å². The van der Waals surface area contributed by atoms with Crippen molar-refractivity contribution >= 4 is 12.2 Å². The molecule has 1 rings (SSSR count). The number of hydrogen-bond donors (Lipinski definition) is 2. The molecular formula is C10H12N2O2. The quantitative estimate of drug-likeness (QED) is 0.541. The number of benzene rings is 1. The van der Waals surface area contributed by atoms with Crippen molar-refractivity contribution in [1.82, 2.24) is 10.9 Å². The van der Waals surface area contributed by atoms with Gasteiger partial charge in [-0.2, -0.15) is 0 Å². The summed E-state index contributed by atoms with van der Waals surface area (Å²) >= 11 is 0. The highest BCUT2D eigenvalue weighted by Gasteiger charge is 2.08. The third-order valence-corrected chi connectivity index (χ3v) is 1.70. The minimum absolute atomic E-state index is 0.229. The molecule has 1 unspecified atom stereocenters. The topological polar surface area (TPSA) is 58.2 Å². The fourth-order valence-electron chi connectivity index (χ4n) is 1.04. The van der Waals surface area contributed by atoms with Crippen molar-refractivity contribution in [2.75, 3.05) is 0 Å². The summed E-state index contributed by atoms with van der Waals surface area (Å²) in [6, 6.07) is 8.66. The van der Waals surface area contributed by atoms with Gasteiger partial charge < -0.3 is 4.79 Å². The summed E-state index contributed by atoms with van der Waals surface area (Å²) in [5.41, 5.74) is 5.81. The molecule has 0 saturated heterocycles. The van der Waals surface area contributed by atoms with Gasteiger partial charge in [0.1, 0.15) is 12.3 Å². The molecule has 0 heterocycles. The minimum Gasteiger partial charge on any atom is -0.301 e. The molecule has 0 radical (unpaired) electrons. The lowest BCUT2D eigenvalue weighted by atomic mass is 10.1. The van der Waals surface area contributed by atoms with E-state index < -0.39 is 6.04 Å². The zero-order valence-corrected chi connectivity index (χ0v) is 7.86. The zero-order valence-electron chi connectivity index (χ0n) is 7.86. The van der Waals surface area contributed by atoms with Crippen molar-refractivity contribution < 1.29 is 9.59 Å². The summed E-state index contributed by atoms with van der Waals surface area (Å²) in [5.74, 6) is -0.229. The van der Waals surface area contributed by atoms with E-state index in [1.807, 2.05) is 30.3 Å². The lowest BCUT2D eigenvalue weighted by Crippen LogP contribution is -2.39. The molecule has 0 saturated carbocycles. The van der Waals surface area contributed by atoms with Crippen LogP contribution in [0.25, 0.3) is 0 Å². The Hall–Kier alpha value is -1.68. The summed E-state index contributed by atoms with van der Waals surface area (Å²) < 4.78 is 0. The minimum atomic E-state index is -0.500. The van der Waals surface area contributed by atoms with Crippen LogP contribution in [0.5, 0.6) is 0 Å². The van der Waals surface area contributed by atoms with Crippen molar-refractivity contribution in [2.24, 2.45) is 0 Å². The highest BCUT2D eigenvalue weighted by Crippen LogP contribution is 2.08. The van der Waals surface area contributed by atoms with Crippen LogP contribution in [0.1, 0.15) is 18.5 Å². The Kier molecular flexibility index (Phi) is 3.82. The molecule has 0 aliphatic rings. The average Bonchev–Trinajstić information content (AvgIpc) is 2.20. The van der Waals surface area contributed by atoms with Crippen LogP contribution >= 0.6 is 0 Å². The van der Waals surface area contributed by atoms with Gasteiger partial charge in [-0.1, -0.05) is 30.3 Å². The van der Waals surface area contributed by atoms with E-state index in [0.29, 0.717) is 0 Å². The first-order valence-corrected chi connectivity index (χ1v) is 4.26. The lowest BCUT2D eigenvalue weighted by Gasteiger charge is -2.12. The molecule has 1 amide bonds. The van der Waals surface area contributed by atoms with Gasteiger partial charge >= 0.3 is 0 Å². The van der Waals surface area contributed by atoms with Gasteiger partial charge in [0, 0.05) is 6.92 Å². The maximum atomic E-state index is 10.7. The number of amides is 1. The Morgan fingerprint density at radius 2 is 2.00 bits per heavy atom. The van der Waals surface area contributed by atoms with E-state index in [0.717, 1.165) is 11.8 Å². The fourth-order valence-corrected chi connectivity index (χ4v) is 1.04. The van der Waals surface area contributed by atoms with Crippen LogP contribution in [0.2, 0.25) is 0 Å². The number of aldehydes is 1. The Bertz CT molecular complexity index is 311. The monoisotopic (exact) mass is 192 g/mol. The summed E-state index contributed by atoms with van der Waals surface area (Å²) in [4.78, 5) is 21.3. The highest BCUT2D eigenvalue weighted by molar-refractivity contribution is 5.73. The number of nitrogens with one attached hydrogen (secondary N) is 2. The number of hydrazine groups is 1. The largest absolute Gasteiger partial charge is 0.301 e. The zero-order chi connectivity index (χ0) is 10.4. The third kappa shape index (κ3) is 2.99. The van der Waals surface area contributed by atoms with Crippen LogP contribution in [-0.2, 0) is 9.59 Å². The van der Waals surface area contributed by atoms with Gasteiger partial charge in [0.15, 0.2) is 0 Å². The van der Waals surface area contributed by atoms with E-state index in [-0.39, 0.29) is 5.91 Å². The average molecular weight is 192 g/mol. The lowest BCUT2D eigenvalue weighted by molar-refractivity contribution is -0.120. The van der Waals surface area contributed by atoms with Gasteiger partial charge in [-0.25, -0.2) is 5.43 Å². The fraction of sp³-hybridized carbons (Fsp3) is 0.200. The molecule has 0 bridgehead atoms. The number of carbonyl (C=O) groups is 2. The molecule has 74 valence electrons. The molecule has 0 aromatic heterocycles. The Labute approximate surface area is 82.3 Å². The maximum absolute atomic E-state index is 10.7. The second-order valence-corrected chi connectivity index (χ2v) is 2.85. The van der Waals surface area contributed by atoms with Gasteiger partial charge in [-0.3, -0.25) is 10.2 Å². The van der Waals surface area contributed by atoms with Crippen LogP contribution < -0.4 is 10.9 Å². The Balaban J connectivity index is 2.63. The molecule has 14 heavy (non-hydrogen) atoms. The van der Waals surface area contributed by atoms with E-state index in [2.05, 4.69) is 10.9 Å². The summed E-state index contributed by atoms with van der Waals surface area (Å²) in [7, 11) is 0. The molecule has 4 nitrogen and oxygen atoms in total. The molecule has 4 heteroatoms. The maximum Gasteiger partial charge on any atom is 0.230 e. The molecule has 0 spiro atoms. The second kappa shape index (κ2) is 5.14. The Morgan fingerprint density at radius 3 is 2.50 bits per heavy atom. The number of hydrogen-bond acceptors (Lipinski definition) is 3. The number of carbonyl (C=O) groups excluding carboxylic acids is 2. The summed E-state index contributed by atoms with van der Waals surface area (Å²) in [6.07, 6.45) is 0.741. The van der Waals surface area contributed by atoms with Gasteiger partial charge in [0.05, 0.1) is 0 Å². The molecule has 0 aliphatic carbocycles. The van der Waals surface area contributed by atoms with Crippen LogP contribution in [0.15, 0.2) is 30.3 Å². The summed E-state index contributed by atoms with van der Waals surface area (Å²) in [5, 5.41) is 0. The second-order valence-electron chi connectivity index (χ2n) is 2.85. The molecule has 1 aromatic carbocycles. The van der Waals surface area contributed by atoms with E-state index in [1.165, 1.54) is 6.92 Å². The molecule has 0 aliphatic heterocycles. The van der Waals surface area contributed by atoms with Gasteiger partial charge in [-0.15, -0.1) is 0 Å². The van der Waals surface area contributed by atoms with E-state index >= 15 is 0 Å². The molecule has 0 fully saturated rings. The smallest absolute Gasteiger partial charge is 0.230 e. The first-order valence-electron chi connectivity index (χ1n) is 4.26. The molecular weight excluding hydrogens is 180 g/mol. The van der Waals surface area contributed by atoms with Crippen LogP contribution in [0.3, 0.4) is 0 Å². The third-order valence-electron chi connectivity index (χ3n) is 1.70. The van der Waals surface area contributed by atoms with Gasteiger partial charge in [-0.05, 0) is 5.56 Å². The van der Waals surface area contributed by atoms with Crippen LogP contribution in [0, 0.1) is 0 Å². The van der Waals surface area contributed by atoms with Crippen molar-refractivity contribution in [1.29, 1.82) is 0 Å². The predicted octanol–water partition coefficient (Wildman–Crippen LogP) is 0.567. The first-order chi connectivity index (χ1) is 6.74. The standard InChI is InChI=1S/C10H12N2O2/c1-8(14)11-12-10(7-13)9-5-3-2-4-6-9/h2-7,10,12H,1H3,(H,11,14). The highest BCUT2D eigenvalue weighted by atomic mass is 16.2. The van der Waals surface area contributed by atoms with Crippen molar-refractivity contribution in [3.05, 3.63) is 35.9 Å². The molecule has 2 N–H and O–H groups in total. The predicted molar refractivity (Wildman–Crippen MR) is 52.2 cm³/mol. The van der Waals surface area contributed by atoms with Crippen molar-refractivity contribution in [3.63, 3.8) is 0 Å². The van der Waals surface area contributed by atoms with Crippen LogP contribution in [0.4, 0.5) is 0 Å². The van der Waals surface area contributed by atoms with Gasteiger partial charge in [0.25, 0.3) is 0 Å².